The van der Waals surface area contributed by atoms with Gasteiger partial charge in [-0.3, -0.25) is 9.36 Å². The van der Waals surface area contributed by atoms with Crippen LogP contribution in [0.3, 0.4) is 0 Å². The fraction of sp³-hybridized carbons (Fsp3) is 0.167. The van der Waals surface area contributed by atoms with Crippen LogP contribution in [0.25, 0.3) is 5.69 Å². The van der Waals surface area contributed by atoms with E-state index in [1.54, 1.807) is 6.33 Å². The van der Waals surface area contributed by atoms with E-state index in [1.807, 2.05) is 59.2 Å². The number of nitrogens with zero attached hydrogens (tertiary/aromatic N) is 3. The SMILES string of the molecule is O=C(CCc1cccc(Cl)c1)NCc1nncn1-c1ccccc1. The van der Waals surface area contributed by atoms with Crippen molar-refractivity contribution < 1.29 is 4.79 Å². The minimum absolute atomic E-state index is 0.0300. The van der Waals surface area contributed by atoms with Crippen molar-refractivity contribution in [2.45, 2.75) is 19.4 Å². The zero-order valence-electron chi connectivity index (χ0n) is 13.0. The molecule has 0 spiro atoms. The zero-order valence-corrected chi connectivity index (χ0v) is 13.8. The molecule has 0 radical (unpaired) electrons. The van der Waals surface area contributed by atoms with Crippen molar-refractivity contribution in [3.05, 3.63) is 77.3 Å². The Kier molecular flexibility index (Phi) is 5.23. The number of carbonyl (C=O) groups excluding carboxylic acids is 1. The van der Waals surface area contributed by atoms with Gasteiger partial charge in [-0.1, -0.05) is 41.9 Å². The molecule has 0 unspecified atom stereocenters. The number of para-hydroxylation sites is 1. The van der Waals surface area contributed by atoms with Crippen LogP contribution in [-0.4, -0.2) is 20.7 Å². The van der Waals surface area contributed by atoms with E-state index >= 15 is 0 Å². The maximum absolute atomic E-state index is 12.0. The van der Waals surface area contributed by atoms with Crippen LogP contribution in [-0.2, 0) is 17.8 Å². The second-order valence-electron chi connectivity index (χ2n) is 5.36. The van der Waals surface area contributed by atoms with Crippen molar-refractivity contribution in [3.8, 4) is 5.69 Å². The van der Waals surface area contributed by atoms with Gasteiger partial charge in [0.05, 0.1) is 6.54 Å². The second kappa shape index (κ2) is 7.75. The molecule has 1 amide bonds. The lowest BCUT2D eigenvalue weighted by Crippen LogP contribution is -2.24. The molecule has 0 saturated heterocycles. The molecule has 3 aromatic rings. The first-order chi connectivity index (χ1) is 11.7. The molecule has 0 aliphatic carbocycles. The summed E-state index contributed by atoms with van der Waals surface area (Å²) in [5.74, 6) is 0.662. The number of nitrogens with one attached hydrogen (secondary N) is 1. The summed E-state index contributed by atoms with van der Waals surface area (Å²) in [6.45, 7) is 0.337. The molecule has 1 aromatic heterocycles. The molecule has 24 heavy (non-hydrogen) atoms. The van der Waals surface area contributed by atoms with E-state index in [0.29, 0.717) is 30.2 Å². The molecule has 0 saturated carbocycles. The smallest absolute Gasteiger partial charge is 0.220 e. The lowest BCUT2D eigenvalue weighted by atomic mass is 10.1. The highest BCUT2D eigenvalue weighted by Crippen LogP contribution is 2.12. The molecule has 6 heteroatoms. The minimum atomic E-state index is -0.0300. The molecule has 3 rings (SSSR count). The minimum Gasteiger partial charge on any atom is -0.349 e. The normalized spacial score (nSPS) is 10.5. The second-order valence-corrected chi connectivity index (χ2v) is 5.80. The van der Waals surface area contributed by atoms with E-state index in [1.165, 1.54) is 0 Å². The topological polar surface area (TPSA) is 59.8 Å². The molecule has 0 aliphatic rings. The summed E-state index contributed by atoms with van der Waals surface area (Å²) in [6, 6.07) is 17.3. The van der Waals surface area contributed by atoms with E-state index < -0.39 is 0 Å². The van der Waals surface area contributed by atoms with Crippen LogP contribution in [0.4, 0.5) is 0 Å². The number of amides is 1. The van der Waals surface area contributed by atoms with Crippen LogP contribution in [0.5, 0.6) is 0 Å². The summed E-state index contributed by atoms with van der Waals surface area (Å²) in [6.07, 6.45) is 2.69. The molecule has 0 aliphatic heterocycles. The van der Waals surface area contributed by atoms with Gasteiger partial charge in [0.1, 0.15) is 6.33 Å². The van der Waals surface area contributed by atoms with Gasteiger partial charge in [-0.2, -0.15) is 0 Å². The summed E-state index contributed by atoms with van der Waals surface area (Å²) in [5, 5.41) is 11.6. The molecule has 122 valence electrons. The summed E-state index contributed by atoms with van der Waals surface area (Å²) in [7, 11) is 0. The van der Waals surface area contributed by atoms with Gasteiger partial charge in [-0.05, 0) is 36.2 Å². The number of benzene rings is 2. The highest BCUT2D eigenvalue weighted by atomic mass is 35.5. The van der Waals surface area contributed by atoms with Crippen LogP contribution in [0.1, 0.15) is 17.8 Å². The molecule has 1 N–H and O–H groups in total. The molecule has 0 fully saturated rings. The Morgan fingerprint density at radius 3 is 2.75 bits per heavy atom. The largest absolute Gasteiger partial charge is 0.349 e. The Bertz CT molecular complexity index is 817. The molecule has 5 nitrogen and oxygen atoms in total. The standard InChI is InChI=1S/C18H17ClN4O/c19-15-6-4-5-14(11-15)9-10-18(24)20-12-17-22-21-13-23(17)16-7-2-1-3-8-16/h1-8,11,13H,9-10,12H2,(H,20,24). The lowest BCUT2D eigenvalue weighted by molar-refractivity contribution is -0.121. The first-order valence-electron chi connectivity index (χ1n) is 7.68. The number of halogens is 1. The molecule has 2 aromatic carbocycles. The third-order valence-electron chi connectivity index (χ3n) is 3.63. The van der Waals surface area contributed by atoms with Crippen molar-refractivity contribution in [2.75, 3.05) is 0 Å². The average Bonchev–Trinajstić information content (AvgIpc) is 3.07. The monoisotopic (exact) mass is 340 g/mol. The molecular formula is C18H17ClN4O. The fourth-order valence-corrected chi connectivity index (χ4v) is 2.61. The van der Waals surface area contributed by atoms with Crippen LogP contribution in [0.2, 0.25) is 5.02 Å². The van der Waals surface area contributed by atoms with Crippen molar-refractivity contribution in [2.24, 2.45) is 0 Å². The van der Waals surface area contributed by atoms with Crippen LogP contribution < -0.4 is 5.32 Å². The Morgan fingerprint density at radius 1 is 1.12 bits per heavy atom. The first kappa shape index (κ1) is 16.2. The van der Waals surface area contributed by atoms with Gasteiger partial charge in [-0.15, -0.1) is 10.2 Å². The Balaban J connectivity index is 1.55. The highest BCUT2D eigenvalue weighted by molar-refractivity contribution is 6.30. The molecule has 0 bridgehead atoms. The van der Waals surface area contributed by atoms with Crippen LogP contribution in [0.15, 0.2) is 60.9 Å². The summed E-state index contributed by atoms with van der Waals surface area (Å²) >= 11 is 5.95. The summed E-state index contributed by atoms with van der Waals surface area (Å²) in [5.41, 5.74) is 2.01. The Morgan fingerprint density at radius 2 is 1.96 bits per heavy atom. The molecule has 1 heterocycles. The first-order valence-corrected chi connectivity index (χ1v) is 8.05. The van der Waals surface area contributed by atoms with E-state index in [9.17, 15) is 4.79 Å². The maximum Gasteiger partial charge on any atom is 0.220 e. The average molecular weight is 341 g/mol. The van der Waals surface area contributed by atoms with Gasteiger partial charge in [0.15, 0.2) is 5.82 Å². The quantitative estimate of drug-likeness (QED) is 0.749. The van der Waals surface area contributed by atoms with E-state index in [-0.39, 0.29) is 5.91 Å². The van der Waals surface area contributed by atoms with Gasteiger partial charge in [0, 0.05) is 17.1 Å². The van der Waals surface area contributed by atoms with Gasteiger partial charge in [-0.25, -0.2) is 0 Å². The summed E-state index contributed by atoms with van der Waals surface area (Å²) in [4.78, 5) is 12.0. The maximum atomic E-state index is 12.0. The van der Waals surface area contributed by atoms with Gasteiger partial charge in [0.2, 0.25) is 5.91 Å². The number of aryl methyl sites for hydroxylation is 1. The van der Waals surface area contributed by atoms with E-state index in [2.05, 4.69) is 15.5 Å². The highest BCUT2D eigenvalue weighted by Gasteiger charge is 2.08. The number of hydrogen-bond donors (Lipinski definition) is 1. The van der Waals surface area contributed by atoms with Gasteiger partial charge >= 0.3 is 0 Å². The predicted octanol–water partition coefficient (Wildman–Crippen LogP) is 3.17. The number of aromatic nitrogens is 3. The fourth-order valence-electron chi connectivity index (χ4n) is 2.40. The van der Waals surface area contributed by atoms with Crippen molar-refractivity contribution >= 4 is 17.5 Å². The number of rotatable bonds is 6. The van der Waals surface area contributed by atoms with E-state index in [4.69, 9.17) is 11.6 Å². The Hall–Kier alpha value is -2.66. The van der Waals surface area contributed by atoms with Crippen LogP contribution in [0, 0.1) is 0 Å². The van der Waals surface area contributed by atoms with Crippen molar-refractivity contribution in [1.29, 1.82) is 0 Å². The van der Waals surface area contributed by atoms with Crippen molar-refractivity contribution in [3.63, 3.8) is 0 Å². The zero-order chi connectivity index (χ0) is 16.8. The van der Waals surface area contributed by atoms with Crippen molar-refractivity contribution in [1.82, 2.24) is 20.1 Å². The third kappa shape index (κ3) is 4.20. The van der Waals surface area contributed by atoms with Crippen LogP contribution >= 0.6 is 11.6 Å². The molecular weight excluding hydrogens is 324 g/mol. The van der Waals surface area contributed by atoms with E-state index in [0.717, 1.165) is 11.3 Å². The summed E-state index contributed by atoms with van der Waals surface area (Å²) < 4.78 is 1.86. The number of hydrogen-bond acceptors (Lipinski definition) is 3. The Labute approximate surface area is 145 Å². The van der Waals surface area contributed by atoms with Gasteiger partial charge < -0.3 is 5.32 Å². The predicted molar refractivity (Wildman–Crippen MR) is 93.0 cm³/mol. The van der Waals surface area contributed by atoms with Gasteiger partial charge in [0.25, 0.3) is 0 Å². The third-order valence-corrected chi connectivity index (χ3v) is 3.86. The molecule has 0 atom stereocenters. The lowest BCUT2D eigenvalue weighted by Gasteiger charge is -2.08. The number of carbonyl (C=O) groups is 1.